The van der Waals surface area contributed by atoms with Crippen molar-refractivity contribution in [2.75, 3.05) is 0 Å². The lowest BCUT2D eigenvalue weighted by molar-refractivity contribution is 1.26. The van der Waals surface area contributed by atoms with Crippen molar-refractivity contribution in [1.82, 2.24) is 4.98 Å². The molecule has 0 spiro atoms. The Morgan fingerprint density at radius 2 is 1.88 bits per heavy atom. The summed E-state index contributed by atoms with van der Waals surface area (Å²) in [7, 11) is -1.30. The van der Waals surface area contributed by atoms with Crippen LogP contribution in [0.15, 0.2) is 24.3 Å². The molecular weight excluding hydrogens is 337 g/mol. The van der Waals surface area contributed by atoms with Gasteiger partial charge in [0, 0.05) is 9.81 Å². The molecular formula is C14H18INSi. The molecule has 0 saturated carbocycles. The van der Waals surface area contributed by atoms with E-state index in [2.05, 4.69) is 73.4 Å². The number of fused-ring (bicyclic) bond motifs is 1. The summed E-state index contributed by atoms with van der Waals surface area (Å²) in [6, 6.07) is 8.88. The van der Waals surface area contributed by atoms with E-state index in [-0.39, 0.29) is 0 Å². The van der Waals surface area contributed by atoms with Crippen molar-refractivity contribution in [2.24, 2.45) is 0 Å². The van der Waals surface area contributed by atoms with Gasteiger partial charge < -0.3 is 0 Å². The Balaban J connectivity index is 2.74. The summed E-state index contributed by atoms with van der Waals surface area (Å²) < 4.78 is 1.00. The van der Waals surface area contributed by atoms with Gasteiger partial charge >= 0.3 is 0 Å². The first-order valence-corrected chi connectivity index (χ1v) is 10.9. The maximum Gasteiger partial charge on any atom is 0.0800 e. The molecule has 1 aromatic carbocycles. The molecule has 90 valence electrons. The molecule has 1 heterocycles. The topological polar surface area (TPSA) is 12.9 Å². The Kier molecular flexibility index (Phi) is 3.59. The van der Waals surface area contributed by atoms with Crippen LogP contribution in [0.25, 0.3) is 10.9 Å². The maximum atomic E-state index is 4.83. The van der Waals surface area contributed by atoms with Crippen molar-refractivity contribution < 1.29 is 0 Å². The van der Waals surface area contributed by atoms with Crippen molar-refractivity contribution >= 4 is 46.8 Å². The number of nitrogens with zero attached hydrogens (tertiary/aromatic N) is 1. The quantitative estimate of drug-likeness (QED) is 0.450. The smallest absolute Gasteiger partial charge is 0.0800 e. The molecule has 0 aliphatic heterocycles. The highest BCUT2D eigenvalue weighted by molar-refractivity contribution is 14.1. The standard InChI is InChI=1S/C14H18INSi/c1-10-5-6-12-11(7-10)8-14(17(2,3)4)13(9-15)16-12/h5-8H,9H2,1-4H3. The second kappa shape index (κ2) is 4.69. The molecule has 0 aliphatic rings. The van der Waals surface area contributed by atoms with Gasteiger partial charge in [-0.25, -0.2) is 0 Å². The highest BCUT2D eigenvalue weighted by Gasteiger charge is 2.21. The summed E-state index contributed by atoms with van der Waals surface area (Å²) in [5.74, 6) is 0. The Morgan fingerprint density at radius 3 is 2.47 bits per heavy atom. The number of benzene rings is 1. The molecule has 1 nitrogen and oxygen atoms in total. The number of pyridine rings is 1. The molecule has 0 radical (unpaired) electrons. The molecule has 2 rings (SSSR count). The molecule has 0 unspecified atom stereocenters. The van der Waals surface area contributed by atoms with Crippen LogP contribution < -0.4 is 5.19 Å². The first-order chi connectivity index (χ1) is 7.91. The van der Waals surface area contributed by atoms with Crippen molar-refractivity contribution in [1.29, 1.82) is 0 Å². The van der Waals surface area contributed by atoms with Gasteiger partial charge in [0.25, 0.3) is 0 Å². The number of aryl methyl sites for hydroxylation is 1. The number of halogens is 1. The largest absolute Gasteiger partial charge is 0.252 e. The van der Waals surface area contributed by atoms with Crippen molar-refractivity contribution in [2.45, 2.75) is 31.0 Å². The fourth-order valence-corrected chi connectivity index (χ4v) is 4.63. The minimum absolute atomic E-state index is 1.00. The van der Waals surface area contributed by atoms with E-state index in [9.17, 15) is 0 Å². The molecule has 3 heteroatoms. The minimum atomic E-state index is -1.30. The number of aromatic nitrogens is 1. The van der Waals surface area contributed by atoms with E-state index >= 15 is 0 Å². The zero-order valence-corrected chi connectivity index (χ0v) is 14.0. The predicted octanol–water partition coefficient (Wildman–Crippen LogP) is 4.02. The monoisotopic (exact) mass is 355 g/mol. The molecule has 0 amide bonds. The highest BCUT2D eigenvalue weighted by atomic mass is 127. The second-order valence-electron chi connectivity index (χ2n) is 5.56. The van der Waals surface area contributed by atoms with Crippen molar-refractivity contribution in [3.63, 3.8) is 0 Å². The molecule has 0 bridgehead atoms. The first-order valence-electron chi connectivity index (χ1n) is 5.88. The zero-order valence-electron chi connectivity index (χ0n) is 10.8. The van der Waals surface area contributed by atoms with E-state index in [1.807, 2.05) is 0 Å². The molecule has 1 aromatic heterocycles. The summed E-state index contributed by atoms with van der Waals surface area (Å²) >= 11 is 2.42. The van der Waals surface area contributed by atoms with Gasteiger partial charge in [-0.1, -0.05) is 59.9 Å². The van der Waals surface area contributed by atoms with Crippen LogP contribution in [-0.4, -0.2) is 13.1 Å². The molecule has 0 fully saturated rings. The van der Waals surface area contributed by atoms with Crippen LogP contribution in [0.5, 0.6) is 0 Å². The molecule has 0 aliphatic carbocycles. The van der Waals surface area contributed by atoms with Crippen LogP contribution in [0.1, 0.15) is 11.3 Å². The summed E-state index contributed by atoms with van der Waals surface area (Å²) in [5.41, 5.74) is 3.72. The van der Waals surface area contributed by atoms with Gasteiger partial charge in [-0.05, 0) is 24.2 Å². The molecule has 0 atom stereocenters. The number of hydrogen-bond acceptors (Lipinski definition) is 1. The third-order valence-corrected chi connectivity index (χ3v) is 5.76. The third kappa shape index (κ3) is 2.71. The third-order valence-electron chi connectivity index (χ3n) is 2.98. The van der Waals surface area contributed by atoms with Gasteiger partial charge in [0.15, 0.2) is 0 Å². The Hall–Kier alpha value is -0.423. The zero-order chi connectivity index (χ0) is 12.6. The van der Waals surface area contributed by atoms with Gasteiger partial charge in [-0.2, -0.15) is 0 Å². The maximum absolute atomic E-state index is 4.83. The van der Waals surface area contributed by atoms with E-state index in [1.54, 1.807) is 0 Å². The fourth-order valence-electron chi connectivity index (χ4n) is 2.09. The van der Waals surface area contributed by atoms with Gasteiger partial charge in [0.05, 0.1) is 19.3 Å². The van der Waals surface area contributed by atoms with Gasteiger partial charge in [0.2, 0.25) is 0 Å². The second-order valence-corrected chi connectivity index (χ2v) is 11.4. The Morgan fingerprint density at radius 1 is 1.18 bits per heavy atom. The molecule has 0 N–H and O–H groups in total. The normalized spacial score (nSPS) is 12.1. The first kappa shape index (κ1) is 13.0. The van der Waals surface area contributed by atoms with Gasteiger partial charge in [0.1, 0.15) is 0 Å². The van der Waals surface area contributed by atoms with E-state index in [1.165, 1.54) is 21.8 Å². The lowest BCUT2D eigenvalue weighted by Gasteiger charge is -2.20. The van der Waals surface area contributed by atoms with Gasteiger partial charge in [-0.15, -0.1) is 0 Å². The van der Waals surface area contributed by atoms with E-state index in [0.717, 1.165) is 9.94 Å². The van der Waals surface area contributed by atoms with Crippen LogP contribution in [0, 0.1) is 6.92 Å². The van der Waals surface area contributed by atoms with Crippen LogP contribution >= 0.6 is 22.6 Å². The summed E-state index contributed by atoms with van der Waals surface area (Å²) in [4.78, 5) is 4.83. The van der Waals surface area contributed by atoms with E-state index in [0.29, 0.717) is 0 Å². The van der Waals surface area contributed by atoms with Crippen LogP contribution in [-0.2, 0) is 4.43 Å². The van der Waals surface area contributed by atoms with Crippen LogP contribution in [0.4, 0.5) is 0 Å². The van der Waals surface area contributed by atoms with Crippen LogP contribution in [0.2, 0.25) is 19.6 Å². The number of hydrogen-bond donors (Lipinski definition) is 0. The van der Waals surface area contributed by atoms with Crippen molar-refractivity contribution in [3.8, 4) is 0 Å². The average molecular weight is 355 g/mol. The van der Waals surface area contributed by atoms with Gasteiger partial charge in [-0.3, -0.25) is 4.98 Å². The number of rotatable bonds is 2. The lowest BCUT2D eigenvalue weighted by atomic mass is 10.1. The molecule has 17 heavy (non-hydrogen) atoms. The van der Waals surface area contributed by atoms with Crippen LogP contribution in [0.3, 0.4) is 0 Å². The lowest BCUT2D eigenvalue weighted by Crippen LogP contribution is -2.40. The van der Waals surface area contributed by atoms with E-state index in [4.69, 9.17) is 4.98 Å². The Labute approximate surface area is 118 Å². The Bertz CT molecular complexity index is 558. The fraction of sp³-hybridized carbons (Fsp3) is 0.357. The number of alkyl halides is 1. The van der Waals surface area contributed by atoms with E-state index < -0.39 is 8.07 Å². The summed E-state index contributed by atoms with van der Waals surface area (Å²) in [6.07, 6.45) is 0. The minimum Gasteiger partial charge on any atom is -0.252 e. The van der Waals surface area contributed by atoms with Crippen molar-refractivity contribution in [3.05, 3.63) is 35.5 Å². The summed E-state index contributed by atoms with van der Waals surface area (Å²) in [6.45, 7) is 9.31. The predicted molar refractivity (Wildman–Crippen MR) is 87.2 cm³/mol. The summed E-state index contributed by atoms with van der Waals surface area (Å²) in [5, 5.41) is 2.79. The highest BCUT2D eigenvalue weighted by Crippen LogP contribution is 2.17. The molecule has 2 aromatic rings. The SMILES string of the molecule is Cc1ccc2nc(CI)c([Si](C)(C)C)cc2c1. The molecule has 0 saturated heterocycles. The average Bonchev–Trinajstić information content (AvgIpc) is 2.26.